The molecule has 3 heterocycles. The van der Waals surface area contributed by atoms with Crippen LogP contribution in [0, 0.1) is 0 Å². The molecule has 0 fully saturated rings. The van der Waals surface area contributed by atoms with E-state index < -0.39 is 5.66 Å². The molecule has 2 aromatic heterocycles. The van der Waals surface area contributed by atoms with Crippen LogP contribution in [0.15, 0.2) is 221 Å². The van der Waals surface area contributed by atoms with Crippen molar-refractivity contribution in [1.29, 1.82) is 0 Å². The van der Waals surface area contributed by atoms with Crippen molar-refractivity contribution in [3.05, 3.63) is 223 Å². The van der Waals surface area contributed by atoms with E-state index in [1.54, 1.807) is 0 Å². The fourth-order valence-electron chi connectivity index (χ4n) is 10.5. The van der Waals surface area contributed by atoms with Crippen LogP contribution in [0.2, 0.25) is 0 Å². The average Bonchev–Trinajstić information content (AvgIpc) is 3.89. The first-order chi connectivity index (χ1) is 32.0. The van der Waals surface area contributed by atoms with E-state index in [-0.39, 0.29) is 0 Å². The van der Waals surface area contributed by atoms with Gasteiger partial charge in [0, 0.05) is 32.7 Å². The Kier molecular flexibility index (Phi) is 7.47. The predicted molar refractivity (Wildman–Crippen MR) is 272 cm³/mol. The molecule has 0 saturated carbocycles. The topological polar surface area (TPSA) is 54.8 Å². The van der Waals surface area contributed by atoms with Crippen LogP contribution in [0.1, 0.15) is 23.6 Å². The van der Waals surface area contributed by atoms with E-state index in [9.17, 15) is 0 Å². The first-order valence-electron chi connectivity index (χ1n) is 22.2. The summed E-state index contributed by atoms with van der Waals surface area (Å²) in [6.45, 7) is 2.17. The Morgan fingerprint density at radius 1 is 0.431 bits per heavy atom. The molecule has 304 valence electrons. The number of amidine groups is 2. The number of fused-ring (bicyclic) bond motifs is 13. The number of para-hydroxylation sites is 2. The van der Waals surface area contributed by atoms with Crippen LogP contribution >= 0.6 is 0 Å². The van der Waals surface area contributed by atoms with E-state index in [2.05, 4.69) is 211 Å². The molecule has 0 bridgehead atoms. The second kappa shape index (κ2) is 13.5. The van der Waals surface area contributed by atoms with Crippen molar-refractivity contribution < 1.29 is 4.42 Å². The molecule has 0 spiro atoms. The third-order valence-electron chi connectivity index (χ3n) is 13.8. The Hall–Kier alpha value is -8.54. The van der Waals surface area contributed by atoms with E-state index in [1.807, 2.05) is 12.1 Å². The van der Waals surface area contributed by atoms with Gasteiger partial charge in [-0.15, -0.1) is 0 Å². The molecule has 1 aliphatic heterocycles. The highest BCUT2D eigenvalue weighted by Gasteiger charge is 2.34. The number of nitrogens with zero attached hydrogens (tertiary/aromatic N) is 3. The normalized spacial score (nSPS) is 15.5. The van der Waals surface area contributed by atoms with E-state index >= 15 is 0 Å². The highest BCUT2D eigenvalue weighted by molar-refractivity contribution is 6.20. The highest BCUT2D eigenvalue weighted by Crippen LogP contribution is 2.41. The third kappa shape index (κ3) is 5.45. The van der Waals surface area contributed by atoms with Crippen molar-refractivity contribution in [2.24, 2.45) is 9.98 Å². The van der Waals surface area contributed by atoms with E-state index in [0.29, 0.717) is 5.84 Å². The lowest BCUT2D eigenvalue weighted by Crippen LogP contribution is -2.46. The van der Waals surface area contributed by atoms with Gasteiger partial charge in [-0.05, 0) is 115 Å². The van der Waals surface area contributed by atoms with Gasteiger partial charge >= 0.3 is 0 Å². The maximum absolute atomic E-state index is 6.68. The first kappa shape index (κ1) is 36.0. The summed E-state index contributed by atoms with van der Waals surface area (Å²) in [5, 5.41) is 20.4. The van der Waals surface area contributed by atoms with Crippen LogP contribution < -0.4 is 5.32 Å². The van der Waals surface area contributed by atoms with Gasteiger partial charge in [0.25, 0.3) is 0 Å². The lowest BCUT2D eigenvalue weighted by Gasteiger charge is -2.33. The number of hydrogen-bond acceptors (Lipinski definition) is 4. The predicted octanol–water partition coefficient (Wildman–Crippen LogP) is 15.1. The molecule has 13 aromatic rings. The fraction of sp³-hybridized carbons (Fsp3) is 0.0333. The van der Waals surface area contributed by atoms with Gasteiger partial charge in [0.2, 0.25) is 0 Å². The monoisotopic (exact) mass is 830 g/mol. The summed E-state index contributed by atoms with van der Waals surface area (Å²) in [7, 11) is 0. The number of hydrogen-bond donors (Lipinski definition) is 1. The highest BCUT2D eigenvalue weighted by atomic mass is 16.3. The van der Waals surface area contributed by atoms with Gasteiger partial charge in [0.15, 0.2) is 11.5 Å². The van der Waals surface area contributed by atoms with Crippen molar-refractivity contribution in [3.8, 4) is 5.69 Å². The molecule has 1 N–H and O–H groups in total. The van der Waals surface area contributed by atoms with Crippen LogP contribution in [-0.4, -0.2) is 16.2 Å². The van der Waals surface area contributed by atoms with E-state index in [1.165, 1.54) is 53.9 Å². The van der Waals surface area contributed by atoms with Gasteiger partial charge in [-0.3, -0.25) is 0 Å². The van der Waals surface area contributed by atoms with Crippen molar-refractivity contribution in [1.82, 2.24) is 9.88 Å². The average molecular weight is 831 g/mol. The number of furan rings is 1. The standard InChI is InChI=1S/C60H38N4O/c1-60(43-27-29-47-41(31-43)25-23-37-13-5-7-17-45(37)47)62-58(42-26-28-46-40(30-42)24-22-36-12-4-6-16-44(36)46)61-59(63-60)52-35-57-51(49-19-9-11-21-56(49)65-57)34-55(52)64-53-20-10-8-18-48(53)50-32-38-14-2-3-15-39(38)33-54(50)64/h2-35H,1H3,(H,61,62,63). The quantitative estimate of drug-likeness (QED) is 0.180. The zero-order valence-electron chi connectivity index (χ0n) is 35.4. The molecule has 65 heavy (non-hydrogen) atoms. The zero-order valence-corrected chi connectivity index (χ0v) is 35.4. The molecule has 0 saturated heterocycles. The Morgan fingerprint density at radius 3 is 1.80 bits per heavy atom. The summed E-state index contributed by atoms with van der Waals surface area (Å²) < 4.78 is 9.09. The lowest BCUT2D eigenvalue weighted by atomic mass is 9.94. The van der Waals surface area contributed by atoms with Crippen molar-refractivity contribution in [2.45, 2.75) is 12.6 Å². The number of rotatable bonds is 4. The van der Waals surface area contributed by atoms with Gasteiger partial charge in [0.1, 0.15) is 17.0 Å². The van der Waals surface area contributed by atoms with E-state index in [0.717, 1.165) is 72.0 Å². The molecule has 0 aliphatic carbocycles. The molecule has 1 atom stereocenters. The van der Waals surface area contributed by atoms with Crippen molar-refractivity contribution in [2.75, 3.05) is 0 Å². The van der Waals surface area contributed by atoms with Crippen LogP contribution in [0.5, 0.6) is 0 Å². The molecule has 0 amide bonds. The van der Waals surface area contributed by atoms with Gasteiger partial charge in [-0.2, -0.15) is 0 Å². The smallest absolute Gasteiger partial charge is 0.161 e. The van der Waals surface area contributed by atoms with Crippen LogP contribution in [0.25, 0.3) is 103 Å². The summed E-state index contributed by atoms with van der Waals surface area (Å²) in [6, 6.07) is 74.2. The summed E-state index contributed by atoms with van der Waals surface area (Å²) >= 11 is 0. The van der Waals surface area contributed by atoms with Gasteiger partial charge in [-0.25, -0.2) is 9.98 Å². The SMILES string of the molecule is CC1(c2ccc3c(ccc4ccccc43)c2)N=C(c2cc3oc4ccccc4c3cc2-n2c3ccccc3c3cc4ccccc4cc32)N=C(c2ccc3c(ccc4ccccc43)c2)N1. The number of aromatic nitrogens is 1. The summed E-state index contributed by atoms with van der Waals surface area (Å²) in [5.41, 5.74) is 6.79. The van der Waals surface area contributed by atoms with Crippen LogP contribution in [-0.2, 0) is 5.66 Å². The summed E-state index contributed by atoms with van der Waals surface area (Å²) in [6.07, 6.45) is 0. The van der Waals surface area contributed by atoms with Crippen molar-refractivity contribution in [3.63, 3.8) is 0 Å². The fourth-order valence-corrected chi connectivity index (χ4v) is 10.5. The molecule has 5 heteroatoms. The number of nitrogens with one attached hydrogen (secondary N) is 1. The molecule has 0 radical (unpaired) electrons. The molecule has 1 aliphatic rings. The van der Waals surface area contributed by atoms with Crippen LogP contribution in [0.4, 0.5) is 0 Å². The summed E-state index contributed by atoms with van der Waals surface area (Å²) in [4.78, 5) is 11.3. The first-order valence-corrected chi connectivity index (χ1v) is 22.2. The minimum absolute atomic E-state index is 0.613. The Morgan fingerprint density at radius 2 is 1.03 bits per heavy atom. The minimum Gasteiger partial charge on any atom is -0.456 e. The second-order valence-electron chi connectivity index (χ2n) is 17.6. The Labute approximate surface area is 373 Å². The maximum Gasteiger partial charge on any atom is 0.161 e. The largest absolute Gasteiger partial charge is 0.456 e. The summed E-state index contributed by atoms with van der Waals surface area (Å²) in [5.74, 6) is 1.36. The molecule has 14 rings (SSSR count). The second-order valence-corrected chi connectivity index (χ2v) is 17.6. The van der Waals surface area contributed by atoms with Crippen molar-refractivity contribution >= 4 is 109 Å². The maximum atomic E-state index is 6.68. The molecular formula is C60H38N4O. The van der Waals surface area contributed by atoms with Gasteiger partial charge < -0.3 is 14.3 Å². The number of benzene rings is 11. The third-order valence-corrected chi connectivity index (χ3v) is 13.8. The number of aliphatic imine (C=N–C) groups is 2. The zero-order chi connectivity index (χ0) is 42.8. The minimum atomic E-state index is -0.915. The van der Waals surface area contributed by atoms with E-state index in [4.69, 9.17) is 14.4 Å². The molecule has 1 unspecified atom stereocenters. The Bertz CT molecular complexity index is 4250. The van der Waals surface area contributed by atoms with Crippen LogP contribution in [0.3, 0.4) is 0 Å². The van der Waals surface area contributed by atoms with Gasteiger partial charge in [0.05, 0.1) is 16.7 Å². The van der Waals surface area contributed by atoms with Gasteiger partial charge in [-0.1, -0.05) is 158 Å². The molecular weight excluding hydrogens is 793 g/mol. The Balaban J connectivity index is 1.06. The molecule has 5 nitrogen and oxygen atoms in total. The molecule has 11 aromatic carbocycles. The lowest BCUT2D eigenvalue weighted by molar-refractivity contribution is 0.455.